The van der Waals surface area contributed by atoms with Gasteiger partial charge >= 0.3 is 0 Å². The zero-order valence-corrected chi connectivity index (χ0v) is 11.7. The van der Waals surface area contributed by atoms with Gasteiger partial charge in [0.05, 0.1) is 17.5 Å². The van der Waals surface area contributed by atoms with Gasteiger partial charge in [-0.15, -0.1) is 11.8 Å². The smallest absolute Gasteiger partial charge is 0.251 e. The van der Waals surface area contributed by atoms with Crippen molar-refractivity contribution < 1.29 is 14.3 Å². The van der Waals surface area contributed by atoms with Crippen molar-refractivity contribution in [2.24, 2.45) is 0 Å². The highest BCUT2D eigenvalue weighted by molar-refractivity contribution is 8.00. The molecule has 19 heavy (non-hydrogen) atoms. The molecule has 1 atom stereocenters. The van der Waals surface area contributed by atoms with Crippen molar-refractivity contribution in [1.82, 2.24) is 5.32 Å². The molecule has 2 amide bonds. The van der Waals surface area contributed by atoms with Crippen molar-refractivity contribution in [3.05, 3.63) is 23.8 Å². The predicted molar refractivity (Wildman–Crippen MR) is 74.6 cm³/mol. The highest BCUT2D eigenvalue weighted by atomic mass is 32.2. The van der Waals surface area contributed by atoms with E-state index in [1.165, 1.54) is 11.8 Å². The number of hydrogen-bond donors (Lipinski definition) is 2. The van der Waals surface area contributed by atoms with Crippen LogP contribution in [0.5, 0.6) is 0 Å². The van der Waals surface area contributed by atoms with E-state index < -0.39 is 0 Å². The summed E-state index contributed by atoms with van der Waals surface area (Å²) in [5.74, 6) is -0.202. The molecule has 2 N–H and O–H groups in total. The molecule has 6 heteroatoms. The van der Waals surface area contributed by atoms with Crippen molar-refractivity contribution in [1.29, 1.82) is 0 Å². The summed E-state index contributed by atoms with van der Waals surface area (Å²) in [7, 11) is 1.58. The zero-order chi connectivity index (χ0) is 13.8. The SMILES string of the molecule is COCCNC(=O)c1ccc2c(c1)NC(=O)C(C)S2. The van der Waals surface area contributed by atoms with Gasteiger partial charge in [0, 0.05) is 24.1 Å². The predicted octanol–water partition coefficient (Wildman–Crippen LogP) is 1.50. The Balaban J connectivity index is 2.10. The summed E-state index contributed by atoms with van der Waals surface area (Å²) < 4.78 is 4.87. The third kappa shape index (κ3) is 3.27. The van der Waals surface area contributed by atoms with E-state index in [1.54, 1.807) is 19.2 Å². The first-order valence-corrected chi connectivity index (χ1v) is 6.88. The van der Waals surface area contributed by atoms with Gasteiger partial charge in [-0.2, -0.15) is 0 Å². The Morgan fingerprint density at radius 1 is 1.53 bits per heavy atom. The molecule has 0 saturated carbocycles. The summed E-state index contributed by atoms with van der Waals surface area (Å²) in [6, 6.07) is 5.33. The molecule has 0 aromatic heterocycles. The van der Waals surface area contributed by atoms with Gasteiger partial charge in [-0.05, 0) is 25.1 Å². The number of thioether (sulfide) groups is 1. The lowest BCUT2D eigenvalue weighted by atomic mass is 10.1. The Morgan fingerprint density at radius 3 is 3.05 bits per heavy atom. The van der Waals surface area contributed by atoms with Crippen LogP contribution in [-0.2, 0) is 9.53 Å². The minimum absolute atomic E-state index is 0.0329. The van der Waals surface area contributed by atoms with Crippen molar-refractivity contribution >= 4 is 29.3 Å². The number of amides is 2. The molecule has 1 unspecified atom stereocenters. The highest BCUT2D eigenvalue weighted by Gasteiger charge is 2.23. The van der Waals surface area contributed by atoms with Crippen LogP contribution in [0.2, 0.25) is 0 Å². The van der Waals surface area contributed by atoms with Crippen molar-refractivity contribution in [2.75, 3.05) is 25.6 Å². The van der Waals surface area contributed by atoms with E-state index in [0.717, 1.165) is 4.90 Å². The molecule has 0 aliphatic carbocycles. The van der Waals surface area contributed by atoms with Gasteiger partial charge in [0.2, 0.25) is 5.91 Å². The van der Waals surface area contributed by atoms with Crippen LogP contribution in [0.25, 0.3) is 0 Å². The second-order valence-corrected chi connectivity index (χ2v) is 5.59. The number of ether oxygens (including phenoxy) is 1. The molecule has 1 aliphatic rings. The van der Waals surface area contributed by atoms with Gasteiger partial charge < -0.3 is 15.4 Å². The maximum Gasteiger partial charge on any atom is 0.251 e. The molecule has 5 nitrogen and oxygen atoms in total. The maximum absolute atomic E-state index is 11.9. The summed E-state index contributed by atoms with van der Waals surface area (Å²) in [5, 5.41) is 5.45. The Morgan fingerprint density at radius 2 is 2.32 bits per heavy atom. The van der Waals surface area contributed by atoms with Crippen LogP contribution in [0, 0.1) is 0 Å². The third-order valence-corrected chi connectivity index (χ3v) is 3.94. The summed E-state index contributed by atoms with van der Waals surface area (Å²) >= 11 is 1.50. The number of nitrogens with one attached hydrogen (secondary N) is 2. The van der Waals surface area contributed by atoms with Crippen LogP contribution in [0.1, 0.15) is 17.3 Å². The molecule has 0 fully saturated rings. The molecule has 1 aromatic rings. The lowest BCUT2D eigenvalue weighted by Crippen LogP contribution is -2.28. The van der Waals surface area contributed by atoms with Crippen molar-refractivity contribution in [3.63, 3.8) is 0 Å². The normalized spacial score (nSPS) is 17.6. The number of fused-ring (bicyclic) bond motifs is 1. The van der Waals surface area contributed by atoms with E-state index in [9.17, 15) is 9.59 Å². The first-order valence-electron chi connectivity index (χ1n) is 6.00. The van der Waals surface area contributed by atoms with E-state index in [0.29, 0.717) is 24.4 Å². The van der Waals surface area contributed by atoms with E-state index >= 15 is 0 Å². The number of carbonyl (C=O) groups excluding carboxylic acids is 2. The van der Waals surface area contributed by atoms with Gasteiger partial charge in [0.25, 0.3) is 5.91 Å². The third-order valence-electron chi connectivity index (χ3n) is 2.76. The number of hydrogen-bond acceptors (Lipinski definition) is 4. The topological polar surface area (TPSA) is 67.4 Å². The number of methoxy groups -OCH3 is 1. The van der Waals surface area contributed by atoms with Gasteiger partial charge in [-0.3, -0.25) is 9.59 Å². The van der Waals surface area contributed by atoms with Gasteiger partial charge in [0.15, 0.2) is 0 Å². The van der Waals surface area contributed by atoms with Gasteiger partial charge in [-0.25, -0.2) is 0 Å². The lowest BCUT2D eigenvalue weighted by molar-refractivity contribution is -0.115. The van der Waals surface area contributed by atoms with Crippen LogP contribution in [0.4, 0.5) is 5.69 Å². The Labute approximate surface area is 116 Å². The first-order chi connectivity index (χ1) is 9.11. The molecule has 2 rings (SSSR count). The van der Waals surface area contributed by atoms with E-state index in [-0.39, 0.29) is 17.1 Å². The van der Waals surface area contributed by atoms with E-state index in [2.05, 4.69) is 10.6 Å². The zero-order valence-electron chi connectivity index (χ0n) is 10.9. The first kappa shape index (κ1) is 13.9. The largest absolute Gasteiger partial charge is 0.383 e. The quantitative estimate of drug-likeness (QED) is 0.820. The average Bonchev–Trinajstić information content (AvgIpc) is 2.40. The molecular formula is C13H16N2O3S. The minimum atomic E-state index is -0.169. The molecule has 1 heterocycles. The molecule has 1 aliphatic heterocycles. The Bertz CT molecular complexity index is 505. The fraction of sp³-hybridized carbons (Fsp3) is 0.385. The number of anilines is 1. The minimum Gasteiger partial charge on any atom is -0.383 e. The van der Waals surface area contributed by atoms with Crippen LogP contribution in [0.3, 0.4) is 0 Å². The molecule has 0 radical (unpaired) electrons. The fourth-order valence-electron chi connectivity index (χ4n) is 1.72. The van der Waals surface area contributed by atoms with Crippen LogP contribution < -0.4 is 10.6 Å². The molecule has 1 aromatic carbocycles. The average molecular weight is 280 g/mol. The number of benzene rings is 1. The van der Waals surface area contributed by atoms with Crippen LogP contribution in [-0.4, -0.2) is 37.3 Å². The monoisotopic (exact) mass is 280 g/mol. The van der Waals surface area contributed by atoms with Crippen LogP contribution >= 0.6 is 11.8 Å². The number of rotatable bonds is 4. The second-order valence-electron chi connectivity index (χ2n) is 4.21. The maximum atomic E-state index is 11.9. The summed E-state index contributed by atoms with van der Waals surface area (Å²) in [6.45, 7) is 2.79. The summed E-state index contributed by atoms with van der Waals surface area (Å²) in [6.07, 6.45) is 0. The lowest BCUT2D eigenvalue weighted by Gasteiger charge is -2.21. The standard InChI is InChI=1S/C13H16N2O3S/c1-8-12(16)15-10-7-9(3-4-11(10)19-8)13(17)14-5-6-18-2/h3-4,7-8H,5-6H2,1-2H3,(H,14,17)(H,15,16). The summed E-state index contributed by atoms with van der Waals surface area (Å²) in [5.41, 5.74) is 1.23. The molecular weight excluding hydrogens is 264 g/mol. The molecule has 0 saturated heterocycles. The summed E-state index contributed by atoms with van der Waals surface area (Å²) in [4.78, 5) is 24.5. The van der Waals surface area contributed by atoms with Crippen molar-refractivity contribution in [3.8, 4) is 0 Å². The van der Waals surface area contributed by atoms with E-state index in [1.807, 2.05) is 13.0 Å². The Hall–Kier alpha value is -1.53. The fourth-order valence-corrected chi connectivity index (χ4v) is 2.65. The van der Waals surface area contributed by atoms with Crippen molar-refractivity contribution in [2.45, 2.75) is 17.1 Å². The second kappa shape index (κ2) is 6.08. The number of carbonyl (C=O) groups is 2. The van der Waals surface area contributed by atoms with Gasteiger partial charge in [-0.1, -0.05) is 0 Å². The molecule has 0 bridgehead atoms. The highest BCUT2D eigenvalue weighted by Crippen LogP contribution is 2.35. The Kier molecular flexibility index (Phi) is 4.44. The van der Waals surface area contributed by atoms with Crippen LogP contribution in [0.15, 0.2) is 23.1 Å². The molecule has 0 spiro atoms. The molecule has 102 valence electrons. The van der Waals surface area contributed by atoms with E-state index in [4.69, 9.17) is 4.74 Å². The van der Waals surface area contributed by atoms with Gasteiger partial charge in [0.1, 0.15) is 0 Å².